The molecule has 11 heavy (non-hydrogen) atoms. The second-order valence-electron chi connectivity index (χ2n) is 3.40. The minimum absolute atomic E-state index is 0.573. The maximum absolute atomic E-state index is 5.54. The number of rotatable bonds is 0. The number of aromatic nitrogens is 2. The van der Waals surface area contributed by atoms with Gasteiger partial charge in [0, 0.05) is 5.69 Å². The van der Waals surface area contributed by atoms with E-state index in [2.05, 4.69) is 16.9 Å². The summed E-state index contributed by atoms with van der Waals surface area (Å²) in [6, 6.07) is 0. The van der Waals surface area contributed by atoms with Crippen LogP contribution in [0.3, 0.4) is 0 Å². The third kappa shape index (κ3) is 1.11. The van der Waals surface area contributed by atoms with Crippen LogP contribution in [0.5, 0.6) is 0 Å². The zero-order chi connectivity index (χ0) is 7.84. The number of nitrogens with zero attached hydrogens (tertiary/aromatic N) is 1. The molecular weight excluding hydrogens is 138 g/mol. The lowest BCUT2D eigenvalue weighted by Crippen LogP contribution is -2.10. The number of aryl methyl sites for hydroxylation is 1. The Morgan fingerprint density at radius 2 is 2.45 bits per heavy atom. The number of H-pyrrole nitrogens is 1. The maximum Gasteiger partial charge on any atom is 0.197 e. The molecule has 0 bridgehead atoms. The molecule has 1 unspecified atom stereocenters. The lowest BCUT2D eigenvalue weighted by molar-refractivity contribution is 0.492. The van der Waals surface area contributed by atoms with Crippen molar-refractivity contribution in [3.05, 3.63) is 11.4 Å². The minimum Gasteiger partial charge on any atom is -0.369 e. The van der Waals surface area contributed by atoms with E-state index in [1.807, 2.05) is 0 Å². The molecule has 3 heteroatoms. The summed E-state index contributed by atoms with van der Waals surface area (Å²) in [5, 5.41) is 0. The fourth-order valence-electron chi connectivity index (χ4n) is 1.68. The summed E-state index contributed by atoms with van der Waals surface area (Å²) in [6.07, 6.45) is 3.45. The molecular formula is C8H13N3. The van der Waals surface area contributed by atoms with E-state index in [4.69, 9.17) is 5.73 Å². The highest BCUT2D eigenvalue weighted by Gasteiger charge is 2.17. The summed E-state index contributed by atoms with van der Waals surface area (Å²) in [6.45, 7) is 2.26. The second-order valence-corrected chi connectivity index (χ2v) is 3.40. The third-order valence-corrected chi connectivity index (χ3v) is 2.31. The van der Waals surface area contributed by atoms with Gasteiger partial charge in [0.25, 0.3) is 0 Å². The van der Waals surface area contributed by atoms with Gasteiger partial charge in [-0.05, 0) is 25.2 Å². The predicted octanol–water partition coefficient (Wildman–Crippen LogP) is 1.12. The topological polar surface area (TPSA) is 54.7 Å². The number of nitrogen functional groups attached to an aromatic ring is 1. The summed E-state index contributed by atoms with van der Waals surface area (Å²) in [4.78, 5) is 7.30. The summed E-state index contributed by atoms with van der Waals surface area (Å²) in [5.74, 6) is 1.35. The molecule has 1 aliphatic carbocycles. The average molecular weight is 151 g/mol. The van der Waals surface area contributed by atoms with E-state index in [0.29, 0.717) is 5.95 Å². The summed E-state index contributed by atoms with van der Waals surface area (Å²) in [7, 11) is 0. The van der Waals surface area contributed by atoms with Crippen molar-refractivity contribution in [2.75, 3.05) is 5.73 Å². The van der Waals surface area contributed by atoms with Gasteiger partial charge < -0.3 is 10.7 Å². The zero-order valence-electron chi connectivity index (χ0n) is 6.72. The van der Waals surface area contributed by atoms with Gasteiger partial charge in [0.15, 0.2) is 5.95 Å². The van der Waals surface area contributed by atoms with Crippen molar-refractivity contribution in [2.45, 2.75) is 26.2 Å². The van der Waals surface area contributed by atoms with Crippen LogP contribution in [0.4, 0.5) is 5.95 Å². The molecule has 0 spiro atoms. The molecule has 0 saturated carbocycles. The van der Waals surface area contributed by atoms with Gasteiger partial charge >= 0.3 is 0 Å². The fraction of sp³-hybridized carbons (Fsp3) is 0.625. The molecule has 0 aliphatic heterocycles. The Bertz CT molecular complexity index is 264. The highest BCUT2D eigenvalue weighted by atomic mass is 15.0. The van der Waals surface area contributed by atoms with Crippen LogP contribution in [0, 0.1) is 5.92 Å². The van der Waals surface area contributed by atoms with Gasteiger partial charge in [-0.2, -0.15) is 0 Å². The molecule has 0 radical (unpaired) electrons. The first kappa shape index (κ1) is 6.70. The molecule has 3 N–H and O–H groups in total. The van der Waals surface area contributed by atoms with Gasteiger partial charge in [-0.1, -0.05) is 6.92 Å². The number of anilines is 1. The van der Waals surface area contributed by atoms with E-state index in [0.717, 1.165) is 18.8 Å². The number of aromatic amines is 1. The van der Waals surface area contributed by atoms with Crippen LogP contribution in [-0.2, 0) is 12.8 Å². The van der Waals surface area contributed by atoms with Crippen LogP contribution < -0.4 is 5.73 Å². The normalized spacial score (nSPS) is 23.2. The van der Waals surface area contributed by atoms with Crippen LogP contribution in [-0.4, -0.2) is 9.97 Å². The number of hydrogen-bond acceptors (Lipinski definition) is 2. The van der Waals surface area contributed by atoms with Crippen LogP contribution >= 0.6 is 0 Å². The summed E-state index contributed by atoms with van der Waals surface area (Å²) >= 11 is 0. The molecule has 1 aromatic heterocycles. The molecule has 60 valence electrons. The van der Waals surface area contributed by atoms with Gasteiger partial charge in [0.2, 0.25) is 0 Å². The van der Waals surface area contributed by atoms with Crippen molar-refractivity contribution in [1.82, 2.24) is 9.97 Å². The lowest BCUT2D eigenvalue weighted by atomic mass is 9.92. The number of fused-ring (bicyclic) bond motifs is 1. The Kier molecular flexibility index (Phi) is 1.37. The van der Waals surface area contributed by atoms with Crippen molar-refractivity contribution in [2.24, 2.45) is 5.92 Å². The first-order valence-electron chi connectivity index (χ1n) is 4.09. The number of nitrogens with two attached hydrogens (primary N) is 1. The smallest absolute Gasteiger partial charge is 0.197 e. The third-order valence-electron chi connectivity index (χ3n) is 2.31. The maximum atomic E-state index is 5.54. The number of hydrogen-bond donors (Lipinski definition) is 2. The average Bonchev–Trinajstić information content (AvgIpc) is 2.27. The van der Waals surface area contributed by atoms with Gasteiger partial charge in [0.05, 0.1) is 5.69 Å². The molecule has 2 rings (SSSR count). The minimum atomic E-state index is 0.573. The Morgan fingerprint density at radius 1 is 1.64 bits per heavy atom. The van der Waals surface area contributed by atoms with Crippen molar-refractivity contribution < 1.29 is 0 Å². The Labute approximate surface area is 66.0 Å². The van der Waals surface area contributed by atoms with E-state index < -0.39 is 0 Å². The molecule has 3 nitrogen and oxygen atoms in total. The number of imidazole rings is 1. The lowest BCUT2D eigenvalue weighted by Gasteiger charge is -2.15. The molecule has 1 aliphatic rings. The molecule has 0 aromatic carbocycles. The number of nitrogens with one attached hydrogen (secondary N) is 1. The standard InChI is InChI=1S/C8H13N3/c1-5-2-3-6-7(4-5)11-8(9)10-6/h5H,2-4H2,1H3,(H3,9,10,11). The summed E-state index contributed by atoms with van der Waals surface area (Å²) in [5.41, 5.74) is 7.97. The van der Waals surface area contributed by atoms with Crippen LogP contribution in [0.1, 0.15) is 24.7 Å². The molecule has 0 fully saturated rings. The quantitative estimate of drug-likeness (QED) is 0.583. The Morgan fingerprint density at radius 3 is 3.27 bits per heavy atom. The molecule has 1 atom stereocenters. The zero-order valence-corrected chi connectivity index (χ0v) is 6.72. The van der Waals surface area contributed by atoms with Gasteiger partial charge in [-0.3, -0.25) is 0 Å². The molecule has 1 aromatic rings. The highest BCUT2D eigenvalue weighted by molar-refractivity contribution is 5.27. The SMILES string of the molecule is CC1CCc2nc(N)[nH]c2C1. The van der Waals surface area contributed by atoms with Crippen molar-refractivity contribution in [3.63, 3.8) is 0 Å². The van der Waals surface area contributed by atoms with Gasteiger partial charge in [-0.25, -0.2) is 4.98 Å². The van der Waals surface area contributed by atoms with Crippen LogP contribution in [0.15, 0.2) is 0 Å². The van der Waals surface area contributed by atoms with E-state index in [1.54, 1.807) is 0 Å². The summed E-state index contributed by atoms with van der Waals surface area (Å²) < 4.78 is 0. The van der Waals surface area contributed by atoms with Crippen LogP contribution in [0.2, 0.25) is 0 Å². The van der Waals surface area contributed by atoms with Crippen LogP contribution in [0.25, 0.3) is 0 Å². The first-order valence-corrected chi connectivity index (χ1v) is 4.09. The van der Waals surface area contributed by atoms with E-state index in [9.17, 15) is 0 Å². The largest absolute Gasteiger partial charge is 0.369 e. The fourth-order valence-corrected chi connectivity index (χ4v) is 1.68. The van der Waals surface area contributed by atoms with Crippen molar-refractivity contribution in [1.29, 1.82) is 0 Å². The Balaban J connectivity index is 2.34. The highest BCUT2D eigenvalue weighted by Crippen LogP contribution is 2.23. The second kappa shape index (κ2) is 2.26. The van der Waals surface area contributed by atoms with Crippen molar-refractivity contribution >= 4 is 5.95 Å². The first-order chi connectivity index (χ1) is 5.25. The van der Waals surface area contributed by atoms with E-state index in [1.165, 1.54) is 17.8 Å². The van der Waals surface area contributed by atoms with Gasteiger partial charge in [0.1, 0.15) is 0 Å². The van der Waals surface area contributed by atoms with Crippen molar-refractivity contribution in [3.8, 4) is 0 Å². The molecule has 0 saturated heterocycles. The van der Waals surface area contributed by atoms with E-state index >= 15 is 0 Å². The van der Waals surface area contributed by atoms with Gasteiger partial charge in [-0.15, -0.1) is 0 Å². The molecule has 1 heterocycles. The van der Waals surface area contributed by atoms with E-state index in [-0.39, 0.29) is 0 Å². The monoisotopic (exact) mass is 151 g/mol. The molecule has 0 amide bonds. The Hall–Kier alpha value is -0.990. The predicted molar refractivity (Wildman–Crippen MR) is 44.2 cm³/mol.